The molecular weight excluding hydrogens is 423 g/mol. The first-order valence-corrected chi connectivity index (χ1v) is 11.1. The van der Waals surface area contributed by atoms with Crippen molar-refractivity contribution in [1.82, 2.24) is 20.3 Å². The third-order valence-electron chi connectivity index (χ3n) is 6.29. The van der Waals surface area contributed by atoms with Crippen molar-refractivity contribution in [3.8, 4) is 11.4 Å². The van der Waals surface area contributed by atoms with Crippen molar-refractivity contribution in [2.75, 3.05) is 19.8 Å². The summed E-state index contributed by atoms with van der Waals surface area (Å²) in [6, 6.07) is 10.1. The van der Waals surface area contributed by atoms with E-state index in [1.54, 1.807) is 37.5 Å². The molecule has 1 fully saturated rings. The largest absolute Gasteiger partial charge is 0.381 e. The number of ether oxygens (including phenoxy) is 1. The zero-order chi connectivity index (χ0) is 23.3. The standard InChI is InChI=1S/C25H27FN4O3/c1-17-21(24(32)30-23(29-17)18-7-11-27-12-8-18)5-6-22(31)28-16-25(9-13-33-14-10-25)19-3-2-4-20(26)15-19/h2-4,7-8,11-12,15H,5-6,9-10,13-14,16H2,1H3,(H,28,31)(H,29,30,32). The number of benzene rings is 1. The van der Waals surface area contributed by atoms with E-state index in [-0.39, 0.29) is 35.5 Å². The van der Waals surface area contributed by atoms with E-state index in [1.165, 1.54) is 12.1 Å². The van der Waals surface area contributed by atoms with Crippen LogP contribution in [0.3, 0.4) is 0 Å². The molecule has 4 rings (SSSR count). The Balaban J connectivity index is 1.41. The van der Waals surface area contributed by atoms with Crippen LogP contribution in [0.15, 0.2) is 53.6 Å². The molecule has 1 amide bonds. The number of aromatic amines is 1. The van der Waals surface area contributed by atoms with Gasteiger partial charge in [-0.05, 0) is 56.0 Å². The van der Waals surface area contributed by atoms with E-state index in [2.05, 4.69) is 20.3 Å². The van der Waals surface area contributed by atoms with Crippen LogP contribution in [0.5, 0.6) is 0 Å². The van der Waals surface area contributed by atoms with Gasteiger partial charge in [0.2, 0.25) is 5.91 Å². The maximum absolute atomic E-state index is 13.9. The minimum Gasteiger partial charge on any atom is -0.381 e. The van der Waals surface area contributed by atoms with Crippen molar-refractivity contribution in [2.45, 2.75) is 38.0 Å². The smallest absolute Gasteiger partial charge is 0.254 e. The Bertz CT molecular complexity index is 1170. The van der Waals surface area contributed by atoms with Gasteiger partial charge in [-0.25, -0.2) is 9.37 Å². The van der Waals surface area contributed by atoms with Gasteiger partial charge in [0.25, 0.3) is 5.56 Å². The van der Waals surface area contributed by atoms with Gasteiger partial charge in [0.1, 0.15) is 11.6 Å². The number of H-pyrrole nitrogens is 1. The Morgan fingerprint density at radius 1 is 1.21 bits per heavy atom. The lowest BCUT2D eigenvalue weighted by molar-refractivity contribution is -0.121. The van der Waals surface area contributed by atoms with E-state index < -0.39 is 0 Å². The molecule has 0 saturated carbocycles. The van der Waals surface area contributed by atoms with Crippen LogP contribution in [0.1, 0.15) is 36.1 Å². The highest BCUT2D eigenvalue weighted by atomic mass is 19.1. The van der Waals surface area contributed by atoms with Crippen LogP contribution < -0.4 is 10.9 Å². The second-order valence-electron chi connectivity index (χ2n) is 8.39. The number of nitrogens with zero attached hydrogens (tertiary/aromatic N) is 2. The summed E-state index contributed by atoms with van der Waals surface area (Å²) in [5, 5.41) is 3.00. The molecule has 2 N–H and O–H groups in total. The molecule has 2 aromatic heterocycles. The zero-order valence-electron chi connectivity index (χ0n) is 18.6. The van der Waals surface area contributed by atoms with Gasteiger partial charge in [-0.3, -0.25) is 14.6 Å². The van der Waals surface area contributed by atoms with E-state index >= 15 is 0 Å². The highest BCUT2D eigenvalue weighted by molar-refractivity contribution is 5.76. The van der Waals surface area contributed by atoms with Crippen LogP contribution in [0.25, 0.3) is 11.4 Å². The van der Waals surface area contributed by atoms with Gasteiger partial charge in [-0.15, -0.1) is 0 Å². The number of carbonyl (C=O) groups excluding carboxylic acids is 1. The van der Waals surface area contributed by atoms with Crippen LogP contribution in [-0.4, -0.2) is 40.6 Å². The second-order valence-corrected chi connectivity index (χ2v) is 8.39. The first-order chi connectivity index (χ1) is 16.0. The molecule has 0 radical (unpaired) electrons. The summed E-state index contributed by atoms with van der Waals surface area (Å²) in [5.41, 5.74) is 2.12. The Kier molecular flexibility index (Phi) is 6.93. The molecule has 0 bridgehead atoms. The van der Waals surface area contributed by atoms with E-state index in [0.717, 1.165) is 11.1 Å². The number of hydrogen-bond acceptors (Lipinski definition) is 5. The predicted octanol–water partition coefficient (Wildman–Crippen LogP) is 3.08. The van der Waals surface area contributed by atoms with Gasteiger partial charge in [-0.2, -0.15) is 0 Å². The number of aromatic nitrogens is 3. The number of rotatable bonds is 7. The summed E-state index contributed by atoms with van der Waals surface area (Å²) >= 11 is 0. The number of carbonyl (C=O) groups is 1. The Hall–Kier alpha value is -3.39. The molecule has 1 aromatic carbocycles. The normalized spacial score (nSPS) is 15.2. The molecule has 1 aliphatic rings. The van der Waals surface area contributed by atoms with Crippen LogP contribution in [-0.2, 0) is 21.4 Å². The summed E-state index contributed by atoms with van der Waals surface area (Å²) < 4.78 is 19.4. The topological polar surface area (TPSA) is 97.0 Å². The minimum atomic E-state index is -0.364. The lowest BCUT2D eigenvalue weighted by atomic mass is 9.74. The molecule has 3 heterocycles. The van der Waals surface area contributed by atoms with Crippen molar-refractivity contribution >= 4 is 5.91 Å². The zero-order valence-corrected chi connectivity index (χ0v) is 18.6. The summed E-state index contributed by atoms with van der Waals surface area (Å²) in [7, 11) is 0. The molecule has 0 aliphatic carbocycles. The van der Waals surface area contributed by atoms with Gasteiger partial charge >= 0.3 is 0 Å². The van der Waals surface area contributed by atoms with Crippen LogP contribution in [0.4, 0.5) is 4.39 Å². The van der Waals surface area contributed by atoms with Gasteiger partial charge in [0.15, 0.2) is 0 Å². The number of nitrogens with one attached hydrogen (secondary N) is 2. The first-order valence-electron chi connectivity index (χ1n) is 11.1. The van der Waals surface area contributed by atoms with Crippen LogP contribution in [0, 0.1) is 12.7 Å². The Morgan fingerprint density at radius 2 is 1.97 bits per heavy atom. The molecule has 0 atom stereocenters. The number of amides is 1. The third-order valence-corrected chi connectivity index (χ3v) is 6.29. The summed E-state index contributed by atoms with van der Waals surface area (Å²) in [6.45, 7) is 3.30. The van der Waals surface area contributed by atoms with Crippen LogP contribution in [0.2, 0.25) is 0 Å². The molecule has 3 aromatic rings. The van der Waals surface area contributed by atoms with Crippen molar-refractivity contribution in [3.05, 3.63) is 81.8 Å². The van der Waals surface area contributed by atoms with E-state index in [4.69, 9.17) is 4.74 Å². The molecule has 0 spiro atoms. The van der Waals surface area contributed by atoms with Crippen molar-refractivity contribution in [2.24, 2.45) is 0 Å². The summed E-state index contributed by atoms with van der Waals surface area (Å²) in [4.78, 5) is 36.5. The fourth-order valence-corrected chi connectivity index (χ4v) is 4.29. The van der Waals surface area contributed by atoms with E-state index in [1.807, 2.05) is 6.07 Å². The molecule has 33 heavy (non-hydrogen) atoms. The first kappa shape index (κ1) is 22.8. The number of pyridine rings is 1. The number of aryl methyl sites for hydroxylation is 1. The molecule has 7 nitrogen and oxygen atoms in total. The van der Waals surface area contributed by atoms with E-state index in [9.17, 15) is 14.0 Å². The van der Waals surface area contributed by atoms with Gasteiger partial charge in [0, 0.05) is 60.8 Å². The quantitative estimate of drug-likeness (QED) is 0.577. The molecule has 1 aliphatic heterocycles. The van der Waals surface area contributed by atoms with Crippen molar-refractivity contribution in [3.63, 3.8) is 0 Å². The lowest BCUT2D eigenvalue weighted by Gasteiger charge is -2.38. The minimum absolute atomic E-state index is 0.158. The van der Waals surface area contributed by atoms with Crippen molar-refractivity contribution in [1.29, 1.82) is 0 Å². The monoisotopic (exact) mass is 450 g/mol. The molecule has 0 unspecified atom stereocenters. The van der Waals surface area contributed by atoms with E-state index in [0.29, 0.717) is 49.7 Å². The summed E-state index contributed by atoms with van der Waals surface area (Å²) in [5.74, 6) is 0.0287. The fourth-order valence-electron chi connectivity index (χ4n) is 4.29. The van der Waals surface area contributed by atoms with Gasteiger partial charge in [-0.1, -0.05) is 12.1 Å². The van der Waals surface area contributed by atoms with Crippen molar-refractivity contribution < 1.29 is 13.9 Å². The average molecular weight is 451 g/mol. The Morgan fingerprint density at radius 3 is 2.67 bits per heavy atom. The number of hydrogen-bond donors (Lipinski definition) is 2. The molecule has 1 saturated heterocycles. The lowest BCUT2D eigenvalue weighted by Crippen LogP contribution is -2.44. The Labute approximate surface area is 191 Å². The highest BCUT2D eigenvalue weighted by Crippen LogP contribution is 2.34. The average Bonchev–Trinajstić information content (AvgIpc) is 2.83. The molecular formula is C25H27FN4O3. The van der Waals surface area contributed by atoms with Crippen LogP contribution >= 0.6 is 0 Å². The predicted molar refractivity (Wildman–Crippen MR) is 122 cm³/mol. The van der Waals surface area contributed by atoms with Gasteiger partial charge in [0.05, 0.1) is 0 Å². The third kappa shape index (κ3) is 5.34. The number of halogens is 1. The molecule has 172 valence electrons. The maximum Gasteiger partial charge on any atom is 0.254 e. The van der Waals surface area contributed by atoms with Gasteiger partial charge < -0.3 is 15.0 Å². The fraction of sp³-hybridized carbons (Fsp3) is 0.360. The molecule has 8 heteroatoms. The second kappa shape index (κ2) is 10.0. The summed E-state index contributed by atoms with van der Waals surface area (Å²) in [6.07, 6.45) is 5.13. The maximum atomic E-state index is 13.9. The SMILES string of the molecule is Cc1nc(-c2ccncc2)[nH]c(=O)c1CCC(=O)NCC1(c2cccc(F)c2)CCOCC1. The highest BCUT2D eigenvalue weighted by Gasteiger charge is 2.35.